The highest BCUT2D eigenvalue weighted by Crippen LogP contribution is 2.26. The first-order valence-electron chi connectivity index (χ1n) is 9.82. The van der Waals surface area contributed by atoms with E-state index in [9.17, 15) is 4.79 Å². The molecule has 27 heavy (non-hydrogen) atoms. The van der Waals surface area contributed by atoms with Gasteiger partial charge in [0.25, 0.3) is 0 Å². The van der Waals surface area contributed by atoms with E-state index < -0.39 is 0 Å². The van der Waals surface area contributed by atoms with Crippen molar-refractivity contribution in [1.29, 1.82) is 0 Å². The number of hydrogen-bond donors (Lipinski definition) is 2. The molecule has 3 rings (SSSR count). The second-order valence-electron chi connectivity index (χ2n) is 7.67. The van der Waals surface area contributed by atoms with Gasteiger partial charge in [-0.3, -0.25) is 9.69 Å². The number of amides is 1. The molecule has 1 saturated carbocycles. The van der Waals surface area contributed by atoms with Gasteiger partial charge in [-0.05, 0) is 57.0 Å². The number of nitrogens with one attached hydrogen (secondary N) is 1. The van der Waals surface area contributed by atoms with E-state index in [2.05, 4.69) is 27.5 Å². The van der Waals surface area contributed by atoms with Crippen LogP contribution >= 0.6 is 36.2 Å². The molecule has 0 aromatic carbocycles. The lowest BCUT2D eigenvalue weighted by atomic mass is 9.96. The fourth-order valence-corrected chi connectivity index (χ4v) is 4.79. The number of aromatic nitrogens is 1. The number of nitrogens with zero attached hydrogens (tertiary/aromatic N) is 2. The zero-order valence-corrected chi connectivity index (χ0v) is 18.6. The van der Waals surface area contributed by atoms with Crippen LogP contribution in [0.15, 0.2) is 5.38 Å². The molecule has 1 aliphatic heterocycles. The largest absolute Gasteiger partial charge is 0.356 e. The number of carbonyl (C=O) groups is 1. The van der Waals surface area contributed by atoms with Crippen LogP contribution in [0.3, 0.4) is 0 Å². The SMILES string of the molecule is CCc1nc(CN2CCC(CNC(=O)C[C@@H]3CCC[C@H]3N)CC2)cs1.Cl.Cl. The van der Waals surface area contributed by atoms with Crippen LogP contribution in [0.2, 0.25) is 0 Å². The lowest BCUT2D eigenvalue weighted by Crippen LogP contribution is -2.39. The molecule has 0 radical (unpaired) electrons. The number of thiazole rings is 1. The molecule has 1 aromatic rings. The van der Waals surface area contributed by atoms with Gasteiger partial charge < -0.3 is 11.1 Å². The van der Waals surface area contributed by atoms with Gasteiger partial charge in [0.05, 0.1) is 10.7 Å². The Morgan fingerprint density at radius 1 is 1.30 bits per heavy atom. The van der Waals surface area contributed by atoms with E-state index in [4.69, 9.17) is 5.73 Å². The first-order valence-corrected chi connectivity index (χ1v) is 10.7. The van der Waals surface area contributed by atoms with Gasteiger partial charge in [0, 0.05) is 30.9 Å². The number of rotatable bonds is 7. The molecule has 0 spiro atoms. The third kappa shape index (κ3) is 7.50. The minimum Gasteiger partial charge on any atom is -0.356 e. The molecule has 8 heteroatoms. The first kappa shape index (κ1) is 24.6. The average Bonchev–Trinajstić information content (AvgIpc) is 3.23. The highest BCUT2D eigenvalue weighted by atomic mass is 35.5. The molecule has 2 heterocycles. The Labute approximate surface area is 179 Å². The minimum atomic E-state index is 0. The summed E-state index contributed by atoms with van der Waals surface area (Å²) < 4.78 is 0. The Hall–Kier alpha value is -0.400. The molecule has 5 nitrogen and oxygen atoms in total. The fraction of sp³-hybridized carbons (Fsp3) is 0.789. The summed E-state index contributed by atoms with van der Waals surface area (Å²) >= 11 is 1.77. The smallest absolute Gasteiger partial charge is 0.220 e. The van der Waals surface area contributed by atoms with Gasteiger partial charge in [-0.1, -0.05) is 13.3 Å². The first-order chi connectivity index (χ1) is 12.1. The molecule has 1 aromatic heterocycles. The zero-order chi connectivity index (χ0) is 17.6. The molecule has 0 unspecified atom stereocenters. The molecule has 2 fully saturated rings. The summed E-state index contributed by atoms with van der Waals surface area (Å²) in [5, 5.41) is 6.58. The van der Waals surface area contributed by atoms with E-state index in [-0.39, 0.29) is 36.8 Å². The Morgan fingerprint density at radius 3 is 2.63 bits per heavy atom. The van der Waals surface area contributed by atoms with Crippen LogP contribution in [0.5, 0.6) is 0 Å². The predicted molar refractivity (Wildman–Crippen MR) is 117 cm³/mol. The highest BCUT2D eigenvalue weighted by molar-refractivity contribution is 7.09. The minimum absolute atomic E-state index is 0. The van der Waals surface area contributed by atoms with Crippen molar-refractivity contribution in [3.63, 3.8) is 0 Å². The second kappa shape index (κ2) is 12.2. The van der Waals surface area contributed by atoms with Gasteiger partial charge in [-0.25, -0.2) is 4.98 Å². The second-order valence-corrected chi connectivity index (χ2v) is 8.61. The monoisotopic (exact) mass is 436 g/mol. The maximum atomic E-state index is 12.1. The number of likely N-dealkylation sites (tertiary alicyclic amines) is 1. The Bertz CT molecular complexity index is 564. The van der Waals surface area contributed by atoms with Crippen molar-refractivity contribution in [2.75, 3.05) is 19.6 Å². The molecular weight excluding hydrogens is 403 g/mol. The number of halogens is 2. The number of carbonyl (C=O) groups excluding carboxylic acids is 1. The summed E-state index contributed by atoms with van der Waals surface area (Å²) in [4.78, 5) is 19.3. The van der Waals surface area contributed by atoms with E-state index in [1.54, 1.807) is 11.3 Å². The normalized spacial score (nSPS) is 23.5. The summed E-state index contributed by atoms with van der Waals surface area (Å²) in [6.45, 7) is 6.16. The van der Waals surface area contributed by atoms with Crippen molar-refractivity contribution in [2.24, 2.45) is 17.6 Å². The molecule has 2 aliphatic rings. The maximum absolute atomic E-state index is 12.1. The summed E-state index contributed by atoms with van der Waals surface area (Å²) in [5.41, 5.74) is 7.27. The van der Waals surface area contributed by atoms with Gasteiger partial charge in [-0.2, -0.15) is 0 Å². The van der Waals surface area contributed by atoms with Gasteiger partial charge in [0.1, 0.15) is 0 Å². The number of aryl methyl sites for hydroxylation is 1. The number of piperidine rings is 1. The Kier molecular flexibility index (Phi) is 11.2. The average molecular weight is 437 g/mol. The third-order valence-corrected chi connectivity index (χ3v) is 6.79. The van der Waals surface area contributed by atoms with Crippen LogP contribution in [0.4, 0.5) is 0 Å². The standard InChI is InChI=1S/C19H32N4OS.2ClH/c1-2-19-22-16(13-25-19)12-23-8-6-14(7-9-23)11-21-18(24)10-15-4-3-5-17(15)20;;/h13-15,17H,2-12,20H2,1H3,(H,21,24);2*1H/t15-,17+;;/m0../s1. The molecule has 1 amide bonds. The zero-order valence-electron chi connectivity index (χ0n) is 16.2. The van der Waals surface area contributed by atoms with E-state index in [1.807, 2.05) is 0 Å². The molecule has 2 atom stereocenters. The van der Waals surface area contributed by atoms with E-state index in [0.717, 1.165) is 58.3 Å². The van der Waals surface area contributed by atoms with Crippen molar-refractivity contribution in [3.8, 4) is 0 Å². The van der Waals surface area contributed by atoms with Crippen LogP contribution in [-0.2, 0) is 17.8 Å². The maximum Gasteiger partial charge on any atom is 0.220 e. The quantitative estimate of drug-likeness (QED) is 0.686. The van der Waals surface area contributed by atoms with Crippen LogP contribution in [0.1, 0.15) is 56.2 Å². The molecular formula is C19H34Cl2N4OS. The van der Waals surface area contributed by atoms with Crippen LogP contribution < -0.4 is 11.1 Å². The van der Waals surface area contributed by atoms with Gasteiger partial charge in [0.2, 0.25) is 5.91 Å². The lowest BCUT2D eigenvalue weighted by Gasteiger charge is -2.31. The van der Waals surface area contributed by atoms with Crippen molar-refractivity contribution in [2.45, 2.75) is 64.5 Å². The summed E-state index contributed by atoms with van der Waals surface area (Å²) in [5.74, 6) is 1.20. The molecule has 1 aliphatic carbocycles. The van der Waals surface area contributed by atoms with Crippen LogP contribution in [-0.4, -0.2) is 41.5 Å². The summed E-state index contributed by atoms with van der Waals surface area (Å²) in [7, 11) is 0. The van der Waals surface area contributed by atoms with E-state index in [1.165, 1.54) is 17.1 Å². The topological polar surface area (TPSA) is 71.2 Å². The van der Waals surface area contributed by atoms with Crippen LogP contribution in [0, 0.1) is 11.8 Å². The van der Waals surface area contributed by atoms with E-state index in [0.29, 0.717) is 18.3 Å². The van der Waals surface area contributed by atoms with Crippen molar-refractivity contribution in [3.05, 3.63) is 16.1 Å². The Morgan fingerprint density at radius 2 is 2.04 bits per heavy atom. The van der Waals surface area contributed by atoms with Gasteiger partial charge >= 0.3 is 0 Å². The number of hydrogen-bond acceptors (Lipinski definition) is 5. The van der Waals surface area contributed by atoms with Crippen molar-refractivity contribution >= 4 is 42.1 Å². The molecule has 1 saturated heterocycles. The summed E-state index contributed by atoms with van der Waals surface area (Å²) in [6, 6.07) is 0.230. The molecule has 0 bridgehead atoms. The Balaban J connectivity index is 0.00000182. The molecule has 3 N–H and O–H groups in total. The molecule has 156 valence electrons. The van der Waals surface area contributed by atoms with Crippen LogP contribution in [0.25, 0.3) is 0 Å². The predicted octanol–water partition coefficient (Wildman–Crippen LogP) is 3.39. The van der Waals surface area contributed by atoms with Gasteiger partial charge in [0.15, 0.2) is 0 Å². The van der Waals surface area contributed by atoms with Gasteiger partial charge in [-0.15, -0.1) is 36.2 Å². The fourth-order valence-electron chi connectivity index (χ4n) is 4.05. The van der Waals surface area contributed by atoms with Crippen molar-refractivity contribution < 1.29 is 4.79 Å². The van der Waals surface area contributed by atoms with Crippen molar-refractivity contribution in [1.82, 2.24) is 15.2 Å². The number of nitrogens with two attached hydrogens (primary N) is 1. The lowest BCUT2D eigenvalue weighted by molar-refractivity contribution is -0.122. The highest BCUT2D eigenvalue weighted by Gasteiger charge is 2.26. The third-order valence-electron chi connectivity index (χ3n) is 5.75. The van der Waals surface area contributed by atoms with E-state index >= 15 is 0 Å². The summed E-state index contributed by atoms with van der Waals surface area (Å²) in [6.07, 6.45) is 7.33.